The number of hydrogen-bond acceptors (Lipinski definition) is 30. The number of unbranched alkanes of at least 4 members (excludes halogenated alkanes) is 1. The number of carboxylic acid groups (broad SMARTS) is 2. The van der Waals surface area contributed by atoms with Crippen molar-refractivity contribution in [2.45, 2.75) is 273 Å². The molecule has 2 aromatic rings. The summed E-state index contributed by atoms with van der Waals surface area (Å²) in [5.74, 6) is -23.5. The first-order valence-corrected chi connectivity index (χ1v) is 45.7. The third-order valence-electron chi connectivity index (χ3n) is 22.7. The van der Waals surface area contributed by atoms with Gasteiger partial charge in [-0.05, 0) is 163 Å². The lowest BCUT2D eigenvalue weighted by molar-refractivity contribution is -0.142. The van der Waals surface area contributed by atoms with Crippen molar-refractivity contribution in [3.05, 3.63) is 59.7 Å². The monoisotopic (exact) mass is 1950 g/mol. The van der Waals surface area contributed by atoms with Crippen LogP contribution in [0.25, 0.3) is 0 Å². The zero-order chi connectivity index (χ0) is 104. The molecular formula is C86H144N28O24. The number of nitrogens with zero attached hydrogens (tertiary/aromatic N) is 1. The molecule has 52 nitrogen and oxygen atoms in total. The van der Waals surface area contributed by atoms with E-state index >= 15 is 0 Å². The highest BCUT2D eigenvalue weighted by molar-refractivity contribution is 6.02. The fourth-order valence-electron chi connectivity index (χ4n) is 14.4. The number of aromatic hydroxyl groups is 2. The fraction of sp³-hybridized carbons (Fsp3) is 0.628. The highest BCUT2D eigenvalue weighted by atomic mass is 16.4. The molecule has 0 unspecified atom stereocenters. The van der Waals surface area contributed by atoms with E-state index in [-0.39, 0.29) is 146 Å². The Morgan fingerprint density at radius 3 is 1.07 bits per heavy atom. The van der Waals surface area contributed by atoms with Gasteiger partial charge in [0, 0.05) is 38.9 Å². The van der Waals surface area contributed by atoms with Crippen molar-refractivity contribution in [3.8, 4) is 11.5 Å². The first-order chi connectivity index (χ1) is 65.1. The molecule has 0 saturated carbocycles. The molecule has 0 spiro atoms. The molecule has 2 aromatic carbocycles. The van der Waals surface area contributed by atoms with Crippen molar-refractivity contribution in [2.24, 2.45) is 69.4 Å². The summed E-state index contributed by atoms with van der Waals surface area (Å²) in [5.41, 5.74) is 52.9. The van der Waals surface area contributed by atoms with Crippen molar-refractivity contribution < 1.29 is 117 Å². The molecule has 3 rings (SSSR count). The number of nitrogens with one attached hydrogen (secondary N) is 18. The van der Waals surface area contributed by atoms with Crippen LogP contribution in [0.5, 0.6) is 11.5 Å². The third kappa shape index (κ3) is 41.3. The van der Waals surface area contributed by atoms with Gasteiger partial charge in [-0.2, -0.15) is 0 Å². The summed E-state index contributed by atoms with van der Waals surface area (Å²) in [4.78, 5) is 254. The number of aliphatic carboxylic acids is 2. The largest absolute Gasteiger partial charge is 0.508 e. The van der Waals surface area contributed by atoms with Gasteiger partial charge in [0.2, 0.25) is 94.5 Å². The normalized spacial score (nSPS) is 16.7. The Balaban J connectivity index is 1.95. The summed E-state index contributed by atoms with van der Waals surface area (Å²) in [6.07, 6.45) is -7.36. The number of carbonyl (C=O) groups excluding carboxylic acids is 16. The average molecular weight is 1950 g/mol. The van der Waals surface area contributed by atoms with E-state index < -0.39 is 271 Å². The van der Waals surface area contributed by atoms with Crippen LogP contribution in [-0.4, -0.2) is 315 Å². The van der Waals surface area contributed by atoms with E-state index in [9.17, 15) is 117 Å². The third-order valence-corrected chi connectivity index (χ3v) is 22.7. The Morgan fingerprint density at radius 1 is 0.399 bits per heavy atom. The lowest BCUT2D eigenvalue weighted by atomic mass is 9.94. The SMILES string of the molecule is CC[C@H](C)[C@H](NC(=O)[C@@H](NC(=O)[C@@H]1C[C@@H](O)CN1C(=O)[C@@H](N)C(C)C)[C@@H](C)CC)C(=O)N[C@@H](Cc1ccc(O)cc1)C(=O)N[C@@H](CC(=O)O)C(=O)N[C@@H](CC(N)=O)C(=O)N[C@@H](CCCNC(=N)N)C(=O)N[C@@H](CCN)C(=O)N[C@H](C(=O)N[C@H](CCN)C(=O)N[C@@H](CCCCN)C(=O)N[C@@H](CCN)C(=O)N[C@@H](CCN)C(=O)N[C@@H](CCCNC(=N)N)C(=O)N[C@@H](Cc1ccc(O)cc1)C(=O)O)[C@@H](C)O. The van der Waals surface area contributed by atoms with Gasteiger partial charge < -0.3 is 172 Å². The summed E-state index contributed by atoms with van der Waals surface area (Å²) in [7, 11) is 0. The van der Waals surface area contributed by atoms with Gasteiger partial charge in [-0.15, -0.1) is 0 Å². The summed E-state index contributed by atoms with van der Waals surface area (Å²) in [5, 5.41) is 117. The molecular weight excluding hydrogens is 1810 g/mol. The van der Waals surface area contributed by atoms with Crippen LogP contribution in [0.3, 0.4) is 0 Å². The molecule has 1 aliphatic rings. The minimum absolute atomic E-state index is 0.0335. The molecule has 0 bridgehead atoms. The van der Waals surface area contributed by atoms with E-state index in [1.807, 2.05) is 0 Å². The molecule has 20 atom stereocenters. The Morgan fingerprint density at radius 2 is 0.710 bits per heavy atom. The van der Waals surface area contributed by atoms with Crippen LogP contribution >= 0.6 is 0 Å². The first-order valence-electron chi connectivity index (χ1n) is 45.7. The molecule has 0 radical (unpaired) electrons. The number of aliphatic hydroxyl groups excluding tert-OH is 2. The lowest BCUT2D eigenvalue weighted by Gasteiger charge is -2.32. The van der Waals surface area contributed by atoms with Crippen LogP contribution in [0.2, 0.25) is 0 Å². The molecule has 0 aromatic heterocycles. The van der Waals surface area contributed by atoms with Gasteiger partial charge in [-0.1, -0.05) is 78.6 Å². The molecule has 1 saturated heterocycles. The average Bonchev–Trinajstić information content (AvgIpc) is 1.62. The van der Waals surface area contributed by atoms with Gasteiger partial charge in [0.05, 0.1) is 31.1 Å². The maximum absolute atomic E-state index is 14.8. The molecule has 138 heavy (non-hydrogen) atoms. The summed E-state index contributed by atoms with van der Waals surface area (Å²) in [6.45, 7) is 9.66. The van der Waals surface area contributed by atoms with Gasteiger partial charge in [0.15, 0.2) is 11.9 Å². The van der Waals surface area contributed by atoms with Crippen LogP contribution in [0, 0.1) is 28.6 Å². The Labute approximate surface area is 798 Å². The fourth-order valence-corrected chi connectivity index (χ4v) is 14.4. The number of nitrogens with two attached hydrogens (primary N) is 9. The van der Waals surface area contributed by atoms with E-state index in [0.717, 1.165) is 11.8 Å². The van der Waals surface area contributed by atoms with E-state index in [1.54, 1.807) is 41.5 Å². The van der Waals surface area contributed by atoms with Crippen LogP contribution in [0.4, 0.5) is 0 Å². The second-order valence-corrected chi connectivity index (χ2v) is 34.2. The second kappa shape index (κ2) is 61.0. The quantitative estimate of drug-likeness (QED) is 0.0166. The number of β-amino-alcohol motifs (C(OH)–C–C–N with tert-alkyl or cyclic N) is 1. The standard InChI is InChI=1S/C86H144N28O24/c1-8-43(5)66(112-81(134)67(44(6)9-2)111-79(132)62-38-50(118)41-114(62)83(136)65(93)42(3)4)80(133)109-58(36-46-17-21-48(116)22-18-46)76(129)108-60(40-64(120)121)78(131)107-59(39-63(92)119)77(130)102-52(15-12-34-98-85(94)95)70(123)105-57(28-33-91)75(128)113-68(45(7)115)82(135)106-56(27-32-90)74(127)100-51(14-10-11-29-87)69(122)103-55(26-31-89)73(126)104-54(25-30-88)72(125)101-53(16-13-35-99-86(96)97)71(124)110-61(84(137)138)37-47-19-23-49(117)24-20-47/h17-24,42-45,50-62,65-68,115-118H,8-16,25-41,87-91,93H2,1-7H3,(H2,92,119)(H,100,127)(H,101,125)(H,102,130)(H,103,122)(H,104,126)(H,105,123)(H,106,135)(H,107,131)(H,108,129)(H,109,133)(H,110,124)(H,111,132)(H,112,134)(H,113,128)(H,120,121)(H,137,138)(H4,94,95,98)(H4,96,97,99)/t43-,44-,45+,50+,51-,52-,53-,54-,55-,56+,57-,58-,59-,60-,61-,62-,65-,66-,67-,68-/m0/s1. The van der Waals surface area contributed by atoms with Crippen LogP contribution in [0.1, 0.15) is 162 Å². The van der Waals surface area contributed by atoms with Crippen molar-refractivity contribution >= 4 is 118 Å². The lowest BCUT2D eigenvalue weighted by Crippen LogP contribution is -2.62. The van der Waals surface area contributed by atoms with Gasteiger partial charge in [0.25, 0.3) is 0 Å². The zero-order valence-electron chi connectivity index (χ0n) is 78.8. The zero-order valence-corrected chi connectivity index (χ0v) is 78.8. The maximum atomic E-state index is 14.8. The van der Waals surface area contributed by atoms with Crippen molar-refractivity contribution in [1.29, 1.82) is 10.8 Å². The molecule has 16 amide bonds. The molecule has 0 aliphatic carbocycles. The number of aliphatic hydroxyl groups is 2. The molecule has 772 valence electrons. The Hall–Kier alpha value is -13.3. The topological polar surface area (TPSA) is 906 Å². The van der Waals surface area contributed by atoms with E-state index in [2.05, 4.69) is 85.1 Å². The van der Waals surface area contributed by atoms with Crippen LogP contribution < -0.4 is 137 Å². The molecule has 1 aliphatic heterocycles. The molecule has 52 heteroatoms. The first kappa shape index (κ1) is 119. The van der Waals surface area contributed by atoms with Crippen molar-refractivity contribution in [1.82, 2.24) is 90.0 Å². The number of phenols is 2. The smallest absolute Gasteiger partial charge is 0.326 e. The molecule has 42 N–H and O–H groups in total. The number of benzene rings is 2. The molecule has 1 fully saturated rings. The predicted molar refractivity (Wildman–Crippen MR) is 500 cm³/mol. The number of hydrogen-bond donors (Lipinski definition) is 33. The molecule has 1 heterocycles. The van der Waals surface area contributed by atoms with Crippen molar-refractivity contribution in [3.63, 3.8) is 0 Å². The number of amides is 16. The van der Waals surface area contributed by atoms with Crippen LogP contribution in [0.15, 0.2) is 48.5 Å². The van der Waals surface area contributed by atoms with E-state index in [0.29, 0.717) is 18.4 Å². The summed E-state index contributed by atoms with van der Waals surface area (Å²) >= 11 is 0. The van der Waals surface area contributed by atoms with Gasteiger partial charge in [-0.25, -0.2) is 4.79 Å². The Kier molecular flexibility index (Phi) is 52.6. The number of primary amides is 1. The van der Waals surface area contributed by atoms with Gasteiger partial charge >= 0.3 is 11.9 Å². The van der Waals surface area contributed by atoms with Gasteiger partial charge in [0.1, 0.15) is 102 Å². The highest BCUT2D eigenvalue weighted by Crippen LogP contribution is 2.24. The van der Waals surface area contributed by atoms with Gasteiger partial charge in [-0.3, -0.25) is 92.3 Å². The van der Waals surface area contributed by atoms with Crippen LogP contribution in [-0.2, 0) is 99.1 Å². The number of carbonyl (C=O) groups is 18. The minimum Gasteiger partial charge on any atom is -0.508 e. The number of rotatable bonds is 64. The predicted octanol–water partition coefficient (Wildman–Crippen LogP) is -10.4. The minimum atomic E-state index is -2.19. The summed E-state index contributed by atoms with van der Waals surface area (Å²) in [6, 6.07) is -15.4. The van der Waals surface area contributed by atoms with E-state index in [4.69, 9.17) is 62.4 Å². The Bertz CT molecular complexity index is 4420. The van der Waals surface area contributed by atoms with E-state index in [1.165, 1.54) is 48.5 Å². The highest BCUT2D eigenvalue weighted by Gasteiger charge is 2.45. The number of guanidine groups is 2. The number of phenolic OH excluding ortho intramolecular Hbond substituents is 2. The maximum Gasteiger partial charge on any atom is 0.326 e. The van der Waals surface area contributed by atoms with Crippen molar-refractivity contribution in [2.75, 3.05) is 52.4 Å². The summed E-state index contributed by atoms with van der Waals surface area (Å²) < 4.78 is 0. The number of likely N-dealkylation sites (tertiary alicyclic amines) is 1. The number of carboxylic acids is 2. The second-order valence-electron chi connectivity index (χ2n) is 34.2.